The summed E-state index contributed by atoms with van der Waals surface area (Å²) in [4.78, 5) is 0.0491. The number of anilines is 1. The van der Waals surface area contributed by atoms with Crippen LogP contribution in [0.4, 0.5) is 10.1 Å². The first-order valence-electron chi connectivity index (χ1n) is 8.18. The molecule has 1 heterocycles. The Morgan fingerprint density at radius 2 is 1.31 bits per heavy atom. The molecular formula is C17H19FN2O4S2. The summed E-state index contributed by atoms with van der Waals surface area (Å²) in [6, 6.07) is 10.0. The highest BCUT2D eigenvalue weighted by atomic mass is 32.2. The summed E-state index contributed by atoms with van der Waals surface area (Å²) in [5, 5.41) is 0. The number of nitrogens with one attached hydrogen (secondary N) is 1. The van der Waals surface area contributed by atoms with Gasteiger partial charge >= 0.3 is 0 Å². The molecule has 0 radical (unpaired) electrons. The molecule has 0 amide bonds. The summed E-state index contributed by atoms with van der Waals surface area (Å²) < 4.78 is 66.5. The van der Waals surface area contributed by atoms with Crippen molar-refractivity contribution in [1.29, 1.82) is 0 Å². The minimum Gasteiger partial charge on any atom is -0.280 e. The van der Waals surface area contributed by atoms with E-state index in [9.17, 15) is 21.2 Å². The molecule has 0 bridgehead atoms. The van der Waals surface area contributed by atoms with E-state index in [2.05, 4.69) is 4.72 Å². The predicted octanol–water partition coefficient (Wildman–Crippen LogP) is 2.80. The number of hydrogen-bond donors (Lipinski definition) is 1. The van der Waals surface area contributed by atoms with Crippen LogP contribution in [0.2, 0.25) is 0 Å². The van der Waals surface area contributed by atoms with Gasteiger partial charge in [-0.3, -0.25) is 4.72 Å². The van der Waals surface area contributed by atoms with Crippen LogP contribution in [0.15, 0.2) is 58.3 Å². The summed E-state index contributed by atoms with van der Waals surface area (Å²) >= 11 is 0. The molecule has 140 valence electrons. The third-order valence-corrected chi connectivity index (χ3v) is 7.49. The van der Waals surface area contributed by atoms with Crippen LogP contribution in [0.25, 0.3) is 0 Å². The zero-order valence-corrected chi connectivity index (χ0v) is 15.6. The number of benzene rings is 2. The first-order chi connectivity index (χ1) is 12.3. The van der Waals surface area contributed by atoms with Gasteiger partial charge in [0.05, 0.1) is 9.79 Å². The molecule has 1 saturated heterocycles. The SMILES string of the molecule is O=S(=O)(Nc1ccc(S(=O)(=O)N2CCCCC2)cc1)c1ccc(F)cc1. The van der Waals surface area contributed by atoms with Crippen LogP contribution in [-0.2, 0) is 20.0 Å². The van der Waals surface area contributed by atoms with Gasteiger partial charge in [0, 0.05) is 18.8 Å². The van der Waals surface area contributed by atoms with E-state index in [-0.39, 0.29) is 15.5 Å². The maximum Gasteiger partial charge on any atom is 0.261 e. The average molecular weight is 398 g/mol. The second-order valence-electron chi connectivity index (χ2n) is 6.05. The second kappa shape index (κ2) is 7.34. The highest BCUT2D eigenvalue weighted by Gasteiger charge is 2.25. The zero-order chi connectivity index (χ0) is 18.8. The summed E-state index contributed by atoms with van der Waals surface area (Å²) in [5.41, 5.74) is 0.229. The Morgan fingerprint density at radius 1 is 0.769 bits per heavy atom. The maximum atomic E-state index is 12.9. The van der Waals surface area contributed by atoms with Gasteiger partial charge in [-0.05, 0) is 61.4 Å². The first kappa shape index (κ1) is 18.8. The van der Waals surface area contributed by atoms with Crippen molar-refractivity contribution in [1.82, 2.24) is 4.31 Å². The molecule has 26 heavy (non-hydrogen) atoms. The molecule has 0 aromatic heterocycles. The minimum atomic E-state index is -3.88. The number of nitrogens with zero attached hydrogens (tertiary/aromatic N) is 1. The van der Waals surface area contributed by atoms with Gasteiger partial charge in [0.25, 0.3) is 10.0 Å². The molecule has 6 nitrogen and oxygen atoms in total. The fourth-order valence-corrected chi connectivity index (χ4v) is 5.35. The lowest BCUT2D eigenvalue weighted by atomic mass is 10.2. The smallest absolute Gasteiger partial charge is 0.261 e. The molecule has 1 aliphatic heterocycles. The van der Waals surface area contributed by atoms with Crippen LogP contribution in [0.5, 0.6) is 0 Å². The Morgan fingerprint density at radius 3 is 1.88 bits per heavy atom. The van der Waals surface area contributed by atoms with Gasteiger partial charge in [-0.2, -0.15) is 4.31 Å². The van der Waals surface area contributed by atoms with E-state index in [0.717, 1.165) is 43.5 Å². The molecule has 2 aromatic carbocycles. The quantitative estimate of drug-likeness (QED) is 0.839. The molecule has 9 heteroatoms. The minimum absolute atomic E-state index is 0.0797. The molecule has 1 N–H and O–H groups in total. The molecule has 0 saturated carbocycles. The van der Waals surface area contributed by atoms with E-state index in [0.29, 0.717) is 13.1 Å². The largest absolute Gasteiger partial charge is 0.280 e. The monoisotopic (exact) mass is 398 g/mol. The third kappa shape index (κ3) is 4.05. The van der Waals surface area contributed by atoms with E-state index in [1.807, 2.05) is 0 Å². The normalized spacial score (nSPS) is 16.3. The Bertz CT molecular complexity index is 966. The lowest BCUT2D eigenvalue weighted by molar-refractivity contribution is 0.346. The first-order valence-corrected chi connectivity index (χ1v) is 11.1. The summed E-state index contributed by atoms with van der Waals surface area (Å²) in [5.74, 6) is -0.531. The topological polar surface area (TPSA) is 83.5 Å². The van der Waals surface area contributed by atoms with Crippen LogP contribution < -0.4 is 4.72 Å². The molecule has 1 fully saturated rings. The van der Waals surface area contributed by atoms with Crippen LogP contribution in [0.3, 0.4) is 0 Å². The highest BCUT2D eigenvalue weighted by molar-refractivity contribution is 7.92. The van der Waals surface area contributed by atoms with Crippen molar-refractivity contribution in [2.45, 2.75) is 29.1 Å². The Balaban J connectivity index is 1.78. The summed E-state index contributed by atoms with van der Waals surface area (Å²) in [6.45, 7) is 1.00. The van der Waals surface area contributed by atoms with Gasteiger partial charge < -0.3 is 0 Å². The van der Waals surface area contributed by atoms with Gasteiger partial charge in [0.1, 0.15) is 5.82 Å². The van der Waals surface area contributed by atoms with Crippen LogP contribution in [0.1, 0.15) is 19.3 Å². The second-order valence-corrected chi connectivity index (χ2v) is 9.67. The average Bonchev–Trinajstić information content (AvgIpc) is 2.63. The number of halogens is 1. The van der Waals surface area contributed by atoms with Gasteiger partial charge in [0.2, 0.25) is 10.0 Å². The molecular weight excluding hydrogens is 379 g/mol. The lowest BCUT2D eigenvalue weighted by Crippen LogP contribution is -2.35. The van der Waals surface area contributed by atoms with Crippen molar-refractivity contribution < 1.29 is 21.2 Å². The molecule has 1 aliphatic rings. The number of rotatable bonds is 5. The van der Waals surface area contributed by atoms with Gasteiger partial charge in [-0.15, -0.1) is 0 Å². The van der Waals surface area contributed by atoms with Gasteiger partial charge in [-0.1, -0.05) is 6.42 Å². The number of sulfonamides is 2. The van der Waals surface area contributed by atoms with Crippen molar-refractivity contribution in [3.63, 3.8) is 0 Å². The molecule has 0 spiro atoms. The maximum absolute atomic E-state index is 12.9. The zero-order valence-electron chi connectivity index (χ0n) is 13.9. The fraction of sp³-hybridized carbons (Fsp3) is 0.294. The lowest BCUT2D eigenvalue weighted by Gasteiger charge is -2.25. The van der Waals surface area contributed by atoms with Crippen LogP contribution in [-0.4, -0.2) is 34.2 Å². The summed E-state index contributed by atoms with van der Waals surface area (Å²) in [7, 11) is -7.44. The van der Waals surface area contributed by atoms with E-state index in [1.165, 1.54) is 28.6 Å². The van der Waals surface area contributed by atoms with Crippen molar-refractivity contribution in [3.8, 4) is 0 Å². The number of piperidine rings is 1. The van der Waals surface area contributed by atoms with E-state index >= 15 is 0 Å². The van der Waals surface area contributed by atoms with E-state index in [1.54, 1.807) is 0 Å². The van der Waals surface area contributed by atoms with E-state index in [4.69, 9.17) is 0 Å². The van der Waals surface area contributed by atoms with Crippen molar-refractivity contribution in [3.05, 3.63) is 54.3 Å². The Labute approximate surface area is 152 Å². The molecule has 3 rings (SSSR count). The van der Waals surface area contributed by atoms with Crippen molar-refractivity contribution in [2.24, 2.45) is 0 Å². The standard InChI is InChI=1S/C17H19FN2O4S2/c18-14-4-8-16(9-5-14)25(21,22)19-15-6-10-17(11-7-15)26(23,24)20-12-2-1-3-13-20/h4-11,19H,1-3,12-13H2. The highest BCUT2D eigenvalue weighted by Crippen LogP contribution is 2.23. The van der Waals surface area contributed by atoms with Crippen LogP contribution in [0, 0.1) is 5.82 Å². The van der Waals surface area contributed by atoms with Crippen LogP contribution >= 0.6 is 0 Å². The van der Waals surface area contributed by atoms with E-state index < -0.39 is 25.9 Å². The van der Waals surface area contributed by atoms with Crippen molar-refractivity contribution >= 4 is 25.7 Å². The molecule has 0 aliphatic carbocycles. The van der Waals surface area contributed by atoms with Gasteiger partial charge in [0.15, 0.2) is 0 Å². The summed E-state index contributed by atoms with van der Waals surface area (Å²) in [6.07, 6.45) is 2.71. The number of hydrogen-bond acceptors (Lipinski definition) is 4. The Kier molecular flexibility index (Phi) is 5.31. The molecule has 2 aromatic rings. The molecule has 0 unspecified atom stereocenters. The third-order valence-electron chi connectivity index (χ3n) is 4.18. The molecule has 0 atom stereocenters. The fourth-order valence-electron chi connectivity index (χ4n) is 2.78. The van der Waals surface area contributed by atoms with Gasteiger partial charge in [-0.25, -0.2) is 21.2 Å². The van der Waals surface area contributed by atoms with Crippen molar-refractivity contribution in [2.75, 3.05) is 17.8 Å². The Hall–Kier alpha value is -1.97. The predicted molar refractivity (Wildman–Crippen MR) is 96.3 cm³/mol.